The zero-order valence-corrected chi connectivity index (χ0v) is 11.4. The molecule has 0 aliphatic rings. The predicted octanol–water partition coefficient (Wildman–Crippen LogP) is 3.91. The second kappa shape index (κ2) is 5.93. The fraction of sp³-hybridized carbons (Fsp3) is 0.0714. The lowest BCUT2D eigenvalue weighted by molar-refractivity contribution is -0.115. The van der Waals surface area contributed by atoms with Gasteiger partial charge in [-0.3, -0.25) is 4.79 Å². The Labute approximate surface area is 117 Å². The van der Waals surface area contributed by atoms with Crippen LogP contribution in [0.4, 0.5) is 14.5 Å². The van der Waals surface area contributed by atoms with Gasteiger partial charge in [0.25, 0.3) is 0 Å². The molecular formula is C14H10BrF2NO. The Hall–Kier alpha value is -1.75. The van der Waals surface area contributed by atoms with Crippen LogP contribution in [0, 0.1) is 11.6 Å². The number of nitrogens with one attached hydrogen (secondary N) is 1. The van der Waals surface area contributed by atoms with Gasteiger partial charge in [-0.05, 0) is 34.1 Å². The summed E-state index contributed by atoms with van der Waals surface area (Å²) in [6, 6.07) is 10.8. The zero-order valence-electron chi connectivity index (χ0n) is 9.79. The number of hydrogen-bond acceptors (Lipinski definition) is 1. The molecule has 0 radical (unpaired) electrons. The maximum Gasteiger partial charge on any atom is 0.228 e. The number of hydrogen-bond donors (Lipinski definition) is 1. The highest BCUT2D eigenvalue weighted by atomic mass is 79.9. The maximum absolute atomic E-state index is 13.4. The molecule has 2 nitrogen and oxygen atoms in total. The van der Waals surface area contributed by atoms with Crippen molar-refractivity contribution in [3.63, 3.8) is 0 Å². The van der Waals surface area contributed by atoms with E-state index in [0.29, 0.717) is 5.69 Å². The lowest BCUT2D eigenvalue weighted by Crippen LogP contribution is -2.15. The lowest BCUT2D eigenvalue weighted by atomic mass is 10.1. The molecular weight excluding hydrogens is 316 g/mol. The second-order valence-electron chi connectivity index (χ2n) is 3.92. The molecule has 2 aromatic carbocycles. The van der Waals surface area contributed by atoms with Gasteiger partial charge in [0.15, 0.2) is 11.6 Å². The molecule has 19 heavy (non-hydrogen) atoms. The number of para-hydroxylation sites is 1. The number of carbonyl (C=O) groups is 1. The van der Waals surface area contributed by atoms with Crippen LogP contribution in [0.2, 0.25) is 0 Å². The van der Waals surface area contributed by atoms with Crippen molar-refractivity contribution in [1.82, 2.24) is 0 Å². The first-order valence-corrected chi connectivity index (χ1v) is 6.34. The summed E-state index contributed by atoms with van der Waals surface area (Å²) in [7, 11) is 0. The molecule has 0 saturated heterocycles. The fourth-order valence-electron chi connectivity index (χ4n) is 1.61. The Bertz CT molecular complexity index is 616. The van der Waals surface area contributed by atoms with Crippen molar-refractivity contribution in [3.8, 4) is 0 Å². The van der Waals surface area contributed by atoms with E-state index in [1.165, 1.54) is 12.1 Å². The minimum absolute atomic E-state index is 0.0320. The van der Waals surface area contributed by atoms with Crippen LogP contribution in [0.3, 0.4) is 0 Å². The van der Waals surface area contributed by atoms with E-state index in [1.807, 2.05) is 6.07 Å². The van der Waals surface area contributed by atoms with Gasteiger partial charge >= 0.3 is 0 Å². The van der Waals surface area contributed by atoms with E-state index >= 15 is 0 Å². The Morgan fingerprint density at radius 3 is 2.58 bits per heavy atom. The highest BCUT2D eigenvalue weighted by Crippen LogP contribution is 2.21. The summed E-state index contributed by atoms with van der Waals surface area (Å²) in [6.07, 6.45) is -0.217. The van der Waals surface area contributed by atoms with E-state index in [2.05, 4.69) is 21.2 Å². The quantitative estimate of drug-likeness (QED) is 0.910. The van der Waals surface area contributed by atoms with Gasteiger partial charge in [0.2, 0.25) is 5.91 Å². The fourth-order valence-corrected chi connectivity index (χ4v) is 2.00. The van der Waals surface area contributed by atoms with Crippen molar-refractivity contribution < 1.29 is 13.6 Å². The van der Waals surface area contributed by atoms with Crippen molar-refractivity contribution in [1.29, 1.82) is 0 Å². The van der Waals surface area contributed by atoms with Gasteiger partial charge in [-0.1, -0.05) is 24.3 Å². The molecule has 0 atom stereocenters. The summed E-state index contributed by atoms with van der Waals surface area (Å²) >= 11 is 3.29. The molecule has 2 aromatic rings. The highest BCUT2D eigenvalue weighted by Gasteiger charge is 2.12. The summed E-state index contributed by atoms with van der Waals surface area (Å²) < 4.78 is 27.1. The molecule has 0 aliphatic heterocycles. The SMILES string of the molecule is O=C(Cc1cccc(F)c1F)Nc1ccccc1Br. The third-order valence-corrected chi connectivity index (χ3v) is 3.22. The zero-order chi connectivity index (χ0) is 13.8. The smallest absolute Gasteiger partial charge is 0.228 e. The molecule has 98 valence electrons. The van der Waals surface area contributed by atoms with Crippen LogP contribution in [-0.2, 0) is 11.2 Å². The number of benzene rings is 2. The van der Waals surface area contributed by atoms with Crippen LogP contribution < -0.4 is 5.32 Å². The molecule has 0 aliphatic carbocycles. The summed E-state index contributed by atoms with van der Waals surface area (Å²) in [5, 5.41) is 2.63. The summed E-state index contributed by atoms with van der Waals surface area (Å²) in [5.41, 5.74) is 0.619. The van der Waals surface area contributed by atoms with Crippen LogP contribution in [0.5, 0.6) is 0 Å². The first kappa shape index (κ1) is 13.7. The molecule has 1 N–H and O–H groups in total. The van der Waals surface area contributed by atoms with Crippen molar-refractivity contribution in [3.05, 3.63) is 64.1 Å². The first-order chi connectivity index (χ1) is 9.08. The number of rotatable bonds is 3. The minimum Gasteiger partial charge on any atom is -0.325 e. The number of carbonyl (C=O) groups excluding carboxylic acids is 1. The monoisotopic (exact) mass is 325 g/mol. The number of amides is 1. The van der Waals surface area contributed by atoms with Gasteiger partial charge in [0.05, 0.1) is 12.1 Å². The van der Waals surface area contributed by atoms with Crippen molar-refractivity contribution in [2.45, 2.75) is 6.42 Å². The van der Waals surface area contributed by atoms with Crippen LogP contribution >= 0.6 is 15.9 Å². The van der Waals surface area contributed by atoms with Crippen LogP contribution in [0.15, 0.2) is 46.9 Å². The average Bonchev–Trinajstić information content (AvgIpc) is 2.38. The minimum atomic E-state index is -0.982. The molecule has 0 fully saturated rings. The van der Waals surface area contributed by atoms with E-state index in [4.69, 9.17) is 0 Å². The largest absolute Gasteiger partial charge is 0.325 e. The third kappa shape index (κ3) is 3.38. The Kier molecular flexibility index (Phi) is 4.27. The molecule has 0 spiro atoms. The van der Waals surface area contributed by atoms with Crippen molar-refractivity contribution >= 4 is 27.5 Å². The van der Waals surface area contributed by atoms with E-state index in [-0.39, 0.29) is 12.0 Å². The van der Waals surface area contributed by atoms with Gasteiger partial charge in [-0.25, -0.2) is 8.78 Å². The van der Waals surface area contributed by atoms with Crippen LogP contribution in [-0.4, -0.2) is 5.91 Å². The molecule has 0 heterocycles. The van der Waals surface area contributed by atoms with Crippen LogP contribution in [0.1, 0.15) is 5.56 Å². The molecule has 5 heteroatoms. The summed E-state index contributed by atoms with van der Waals surface area (Å²) in [6.45, 7) is 0. The molecule has 0 unspecified atom stereocenters. The Morgan fingerprint density at radius 2 is 1.84 bits per heavy atom. The molecule has 0 saturated carbocycles. The van der Waals surface area contributed by atoms with Crippen molar-refractivity contribution in [2.24, 2.45) is 0 Å². The van der Waals surface area contributed by atoms with E-state index in [1.54, 1.807) is 18.2 Å². The summed E-state index contributed by atoms with van der Waals surface area (Å²) in [4.78, 5) is 11.8. The molecule has 0 aromatic heterocycles. The van der Waals surface area contributed by atoms with Gasteiger partial charge in [-0.2, -0.15) is 0 Å². The predicted molar refractivity (Wildman–Crippen MR) is 72.8 cm³/mol. The second-order valence-corrected chi connectivity index (χ2v) is 4.77. The van der Waals surface area contributed by atoms with E-state index in [0.717, 1.165) is 10.5 Å². The molecule has 1 amide bonds. The standard InChI is InChI=1S/C14H10BrF2NO/c15-10-5-1-2-7-12(10)18-13(19)8-9-4-3-6-11(16)14(9)17/h1-7H,8H2,(H,18,19). The van der Waals surface area contributed by atoms with Gasteiger partial charge < -0.3 is 5.32 Å². The van der Waals surface area contributed by atoms with Gasteiger partial charge in [-0.15, -0.1) is 0 Å². The molecule has 0 bridgehead atoms. The molecule has 2 rings (SSSR count). The number of halogens is 3. The lowest BCUT2D eigenvalue weighted by Gasteiger charge is -2.08. The topological polar surface area (TPSA) is 29.1 Å². The van der Waals surface area contributed by atoms with Crippen LogP contribution in [0.25, 0.3) is 0 Å². The van der Waals surface area contributed by atoms with Crippen molar-refractivity contribution in [2.75, 3.05) is 5.32 Å². The van der Waals surface area contributed by atoms with Gasteiger partial charge in [0.1, 0.15) is 0 Å². The Morgan fingerprint density at radius 1 is 1.11 bits per heavy atom. The van der Waals surface area contributed by atoms with E-state index < -0.39 is 17.5 Å². The first-order valence-electron chi connectivity index (χ1n) is 5.55. The Balaban J connectivity index is 2.10. The maximum atomic E-state index is 13.4. The van der Waals surface area contributed by atoms with E-state index in [9.17, 15) is 13.6 Å². The number of anilines is 1. The van der Waals surface area contributed by atoms with Gasteiger partial charge in [0, 0.05) is 10.0 Å². The highest BCUT2D eigenvalue weighted by molar-refractivity contribution is 9.10. The average molecular weight is 326 g/mol. The third-order valence-electron chi connectivity index (χ3n) is 2.53. The normalized spacial score (nSPS) is 10.3. The summed E-state index contributed by atoms with van der Waals surface area (Å²) in [5.74, 6) is -2.34.